The normalized spacial score (nSPS) is 11.7. The molecule has 0 aliphatic rings. The number of aromatic nitrogens is 6. The first-order valence-corrected chi connectivity index (χ1v) is 16.9. The van der Waals surface area contributed by atoms with Gasteiger partial charge in [0.05, 0.1) is 23.4 Å². The third-order valence-corrected chi connectivity index (χ3v) is 9.15. The van der Waals surface area contributed by atoms with Gasteiger partial charge in [-0.2, -0.15) is 0 Å². The van der Waals surface area contributed by atoms with Crippen LogP contribution in [0.25, 0.3) is 66.6 Å². The number of benzene rings is 5. The predicted octanol–water partition coefficient (Wildman–Crippen LogP) is 10.7. The van der Waals surface area contributed by atoms with Crippen molar-refractivity contribution in [2.75, 3.05) is 0 Å². The van der Waals surface area contributed by atoms with Crippen molar-refractivity contribution >= 4 is 43.6 Å². The minimum atomic E-state index is 0.0837. The first-order chi connectivity index (χ1) is 26.2. The average molecular weight is 674 g/mol. The molecule has 0 spiro atoms. The predicted molar refractivity (Wildman–Crippen MR) is 205 cm³/mol. The van der Waals surface area contributed by atoms with Crippen molar-refractivity contribution in [3.05, 3.63) is 170 Å². The van der Waals surface area contributed by atoms with E-state index in [1.165, 1.54) is 0 Å². The van der Waals surface area contributed by atoms with Gasteiger partial charge in [-0.3, -0.25) is 9.13 Å². The Morgan fingerprint density at radius 3 is 1.37 bits per heavy atom. The molecule has 10 rings (SSSR count). The molecular formula is C44H28N6O2. The molecule has 0 unspecified atom stereocenters. The Morgan fingerprint density at radius 2 is 0.865 bits per heavy atom. The largest absolute Gasteiger partial charge is 0.457 e. The molecule has 52 heavy (non-hydrogen) atoms. The number of para-hydroxylation sites is 2. The fourth-order valence-electron chi connectivity index (χ4n) is 6.95. The zero-order chi connectivity index (χ0) is 35.3. The molecule has 8 heteroatoms. The second-order valence-electron chi connectivity index (χ2n) is 12.3. The minimum Gasteiger partial charge on any atom is -0.457 e. The van der Waals surface area contributed by atoms with Gasteiger partial charge in [-0.05, 0) is 78.9 Å². The Bertz CT molecular complexity index is 2780. The van der Waals surface area contributed by atoms with E-state index in [0.717, 1.165) is 55.2 Å². The maximum Gasteiger partial charge on any atom is 0.159 e. The van der Waals surface area contributed by atoms with Crippen LogP contribution in [0.2, 0.25) is 0 Å². The van der Waals surface area contributed by atoms with Crippen molar-refractivity contribution in [2.45, 2.75) is 0 Å². The molecule has 0 N–H and O–H groups in total. The number of ether oxygens (including phenoxy) is 2. The van der Waals surface area contributed by atoms with E-state index in [2.05, 4.69) is 53.3 Å². The molecule has 0 aliphatic carbocycles. The Balaban J connectivity index is 1.09. The summed E-state index contributed by atoms with van der Waals surface area (Å²) in [6, 6.07) is 45.6. The van der Waals surface area contributed by atoms with Gasteiger partial charge in [0.2, 0.25) is 0 Å². The number of hydrogen-bond donors (Lipinski definition) is 0. The summed E-state index contributed by atoms with van der Waals surface area (Å²) in [7, 11) is 0. The van der Waals surface area contributed by atoms with Crippen molar-refractivity contribution in [1.82, 2.24) is 29.1 Å². The highest BCUT2D eigenvalue weighted by molar-refractivity contribution is 6.10. The van der Waals surface area contributed by atoms with Crippen LogP contribution in [0, 0.1) is 0 Å². The van der Waals surface area contributed by atoms with Crippen molar-refractivity contribution in [3.8, 4) is 46.0 Å². The maximum absolute atomic E-state index is 9.34. The van der Waals surface area contributed by atoms with Gasteiger partial charge in [-0.15, -0.1) is 0 Å². The molecule has 5 aromatic heterocycles. The van der Waals surface area contributed by atoms with E-state index >= 15 is 0 Å². The van der Waals surface area contributed by atoms with Crippen LogP contribution in [0.4, 0.5) is 0 Å². The summed E-state index contributed by atoms with van der Waals surface area (Å²) in [5.74, 6) is 3.80. The fraction of sp³-hybridized carbons (Fsp3) is 0. The first kappa shape index (κ1) is 28.5. The fourth-order valence-corrected chi connectivity index (χ4v) is 6.95. The minimum absolute atomic E-state index is 0.0837. The van der Waals surface area contributed by atoms with Gasteiger partial charge in [0.25, 0.3) is 0 Å². The van der Waals surface area contributed by atoms with E-state index < -0.39 is 0 Å². The second-order valence-corrected chi connectivity index (χ2v) is 12.3. The molecule has 5 heterocycles. The Kier molecular flexibility index (Phi) is 6.70. The maximum atomic E-state index is 9.34. The number of fused-ring (bicyclic) bond motifs is 6. The Hall–Kier alpha value is -7.32. The third kappa shape index (κ3) is 5.09. The zero-order valence-electron chi connectivity index (χ0n) is 28.6. The van der Waals surface area contributed by atoms with E-state index in [4.69, 9.17) is 9.47 Å². The lowest BCUT2D eigenvalue weighted by atomic mass is 10.1. The molecule has 0 bridgehead atoms. The van der Waals surface area contributed by atoms with Crippen molar-refractivity contribution in [1.29, 1.82) is 0 Å². The number of pyridine rings is 2. The molecule has 10 aromatic rings. The molecule has 0 fully saturated rings. The topological polar surface area (TPSA) is 79.9 Å². The molecule has 0 aliphatic heterocycles. The quantitative estimate of drug-likeness (QED) is 0.168. The molecule has 0 radical (unpaired) electrons. The molecule has 0 atom stereocenters. The summed E-state index contributed by atoms with van der Waals surface area (Å²) in [4.78, 5) is 18.3. The Labute approximate surface area is 299 Å². The summed E-state index contributed by atoms with van der Waals surface area (Å²) in [6.07, 6.45) is 6.95. The van der Waals surface area contributed by atoms with E-state index in [1.807, 2.05) is 97.1 Å². The third-order valence-electron chi connectivity index (χ3n) is 9.15. The van der Waals surface area contributed by atoms with Crippen molar-refractivity contribution in [2.24, 2.45) is 0 Å². The van der Waals surface area contributed by atoms with Crippen LogP contribution >= 0.6 is 0 Å². The van der Waals surface area contributed by atoms with Crippen molar-refractivity contribution in [3.63, 3.8) is 0 Å². The number of rotatable bonds is 7. The van der Waals surface area contributed by atoms with Crippen LogP contribution in [-0.4, -0.2) is 29.1 Å². The van der Waals surface area contributed by atoms with Gasteiger partial charge in [0.15, 0.2) is 5.82 Å². The molecule has 5 aromatic carbocycles. The van der Waals surface area contributed by atoms with Crippen LogP contribution in [0.15, 0.2) is 170 Å². The molecule has 0 amide bonds. The van der Waals surface area contributed by atoms with Crippen LogP contribution in [0.5, 0.6) is 23.0 Å². The van der Waals surface area contributed by atoms with Gasteiger partial charge in [0.1, 0.15) is 34.6 Å². The van der Waals surface area contributed by atoms with Crippen LogP contribution in [0.1, 0.15) is 1.37 Å². The van der Waals surface area contributed by atoms with Gasteiger partial charge in [-0.1, -0.05) is 48.5 Å². The van der Waals surface area contributed by atoms with E-state index in [-0.39, 0.29) is 6.04 Å². The molecule has 8 nitrogen and oxygen atoms in total. The smallest absolute Gasteiger partial charge is 0.159 e. The zero-order valence-corrected chi connectivity index (χ0v) is 27.6. The lowest BCUT2D eigenvalue weighted by Gasteiger charge is -2.13. The molecular weight excluding hydrogens is 645 g/mol. The summed E-state index contributed by atoms with van der Waals surface area (Å²) in [6.45, 7) is 0. The van der Waals surface area contributed by atoms with E-state index in [9.17, 15) is 1.37 Å². The van der Waals surface area contributed by atoms with Crippen LogP contribution in [0.3, 0.4) is 0 Å². The molecule has 246 valence electrons. The lowest BCUT2D eigenvalue weighted by Crippen LogP contribution is -1.97. The SMILES string of the molecule is [2H]c1c(Oc2ccc3c4ccccc4n(-c4ccccn4)c3c2)cc(-c2ncccn2)cc1Oc1ccc2c3ccccc3n(-c3ccccn3)c2c1. The standard InChI is InChI=1S/C44H28N6O2/c1-3-12-38-34(10-1)36-18-16-30(27-40(36)49(38)42-14-5-7-20-45-42)51-32-24-29(44-47-22-9-23-48-44)25-33(26-32)52-31-17-19-37-35-11-2-4-13-39(35)50(41(37)28-31)43-15-6-8-21-46-43/h1-28H/i26D. The monoisotopic (exact) mass is 673 g/mol. The van der Waals surface area contributed by atoms with Crippen LogP contribution < -0.4 is 9.47 Å². The summed E-state index contributed by atoms with van der Waals surface area (Å²) in [5.41, 5.74) is 4.60. The Morgan fingerprint density at radius 1 is 0.404 bits per heavy atom. The highest BCUT2D eigenvalue weighted by Crippen LogP contribution is 2.39. The van der Waals surface area contributed by atoms with Crippen LogP contribution in [-0.2, 0) is 0 Å². The van der Waals surface area contributed by atoms with Gasteiger partial charge < -0.3 is 9.47 Å². The lowest BCUT2D eigenvalue weighted by molar-refractivity contribution is 0.461. The van der Waals surface area contributed by atoms with Gasteiger partial charge >= 0.3 is 0 Å². The first-order valence-electron chi connectivity index (χ1n) is 17.4. The second kappa shape index (κ2) is 12.2. The van der Waals surface area contributed by atoms with Crippen molar-refractivity contribution < 1.29 is 10.8 Å². The summed E-state index contributed by atoms with van der Waals surface area (Å²) in [5, 5.41) is 4.36. The molecule has 0 saturated heterocycles. The van der Waals surface area contributed by atoms with E-state index in [0.29, 0.717) is 34.4 Å². The van der Waals surface area contributed by atoms with Gasteiger partial charge in [-0.25, -0.2) is 19.9 Å². The number of hydrogen-bond acceptors (Lipinski definition) is 6. The van der Waals surface area contributed by atoms with Gasteiger partial charge in [0, 0.05) is 70.1 Å². The highest BCUT2D eigenvalue weighted by Gasteiger charge is 2.17. The summed E-state index contributed by atoms with van der Waals surface area (Å²) >= 11 is 0. The highest BCUT2D eigenvalue weighted by atomic mass is 16.5. The molecule has 0 saturated carbocycles. The van der Waals surface area contributed by atoms with E-state index in [1.54, 1.807) is 43.0 Å². The summed E-state index contributed by atoms with van der Waals surface area (Å²) < 4.78 is 26.7. The number of nitrogens with zero attached hydrogens (tertiary/aromatic N) is 6. The average Bonchev–Trinajstić information content (AvgIpc) is 3.72.